The van der Waals surface area contributed by atoms with Crippen molar-refractivity contribution in [3.05, 3.63) is 0 Å². The van der Waals surface area contributed by atoms with Crippen LogP contribution in [0.3, 0.4) is 0 Å². The highest BCUT2D eigenvalue weighted by molar-refractivity contribution is 8.00. The van der Waals surface area contributed by atoms with E-state index in [0.29, 0.717) is 18.6 Å². The van der Waals surface area contributed by atoms with E-state index in [9.17, 15) is 13.2 Å². The van der Waals surface area contributed by atoms with E-state index in [0.717, 1.165) is 13.1 Å². The Hall–Kier alpha value is 0.0600. The molecule has 2 atom stereocenters. The molecule has 0 spiro atoms. The van der Waals surface area contributed by atoms with Crippen LogP contribution in [-0.2, 0) is 0 Å². The highest BCUT2D eigenvalue weighted by Crippen LogP contribution is 2.30. The highest BCUT2D eigenvalue weighted by Gasteiger charge is 2.33. The van der Waals surface area contributed by atoms with Gasteiger partial charge in [0.2, 0.25) is 0 Å². The van der Waals surface area contributed by atoms with Crippen LogP contribution in [0.2, 0.25) is 0 Å². The van der Waals surface area contributed by atoms with Gasteiger partial charge >= 0.3 is 5.51 Å². The molecule has 1 N–H and O–H groups in total. The van der Waals surface area contributed by atoms with E-state index in [1.54, 1.807) is 0 Å². The van der Waals surface area contributed by atoms with Gasteiger partial charge < -0.3 is 5.32 Å². The van der Waals surface area contributed by atoms with Gasteiger partial charge in [-0.3, -0.25) is 4.90 Å². The zero-order chi connectivity index (χ0) is 14.0. The Bertz CT molecular complexity index is 263. The number of piperazine rings is 1. The molecule has 0 saturated carbocycles. The summed E-state index contributed by atoms with van der Waals surface area (Å²) in [6.45, 7) is 10.7. The Morgan fingerprint density at radius 3 is 2.39 bits per heavy atom. The van der Waals surface area contributed by atoms with Crippen molar-refractivity contribution < 1.29 is 13.2 Å². The topological polar surface area (TPSA) is 15.3 Å². The monoisotopic (exact) mass is 284 g/mol. The molecule has 0 aromatic carbocycles. The molecule has 108 valence electrons. The summed E-state index contributed by atoms with van der Waals surface area (Å²) in [5.74, 6) is 0.116. The molecule has 1 fully saturated rings. The van der Waals surface area contributed by atoms with Crippen molar-refractivity contribution in [2.45, 2.75) is 45.3 Å². The normalized spacial score (nSPS) is 27.5. The molecule has 1 aliphatic heterocycles. The van der Waals surface area contributed by atoms with Crippen LogP contribution in [0.4, 0.5) is 13.2 Å². The summed E-state index contributed by atoms with van der Waals surface area (Å²) >= 11 is 0.0759. The first-order valence-electron chi connectivity index (χ1n) is 6.28. The minimum absolute atomic E-state index is 0.0759. The quantitative estimate of drug-likeness (QED) is 0.858. The van der Waals surface area contributed by atoms with Gasteiger partial charge in [0.05, 0.1) is 0 Å². The molecule has 0 aromatic heterocycles. The van der Waals surface area contributed by atoms with Crippen molar-refractivity contribution in [3.63, 3.8) is 0 Å². The van der Waals surface area contributed by atoms with Crippen LogP contribution in [0.15, 0.2) is 0 Å². The molecule has 1 heterocycles. The maximum absolute atomic E-state index is 12.1. The Balaban J connectivity index is 2.43. The van der Waals surface area contributed by atoms with Crippen LogP contribution in [0, 0.1) is 5.41 Å². The molecule has 6 heteroatoms. The summed E-state index contributed by atoms with van der Waals surface area (Å²) in [5, 5.41) is 3.47. The number of thioether (sulfide) groups is 1. The first-order valence-corrected chi connectivity index (χ1v) is 7.26. The number of nitrogens with one attached hydrogen (secondary N) is 1. The second-order valence-electron chi connectivity index (χ2n) is 5.97. The van der Waals surface area contributed by atoms with Gasteiger partial charge in [-0.15, -0.1) is 0 Å². The molecule has 2 unspecified atom stereocenters. The van der Waals surface area contributed by atoms with Gasteiger partial charge in [-0.25, -0.2) is 0 Å². The van der Waals surface area contributed by atoms with Gasteiger partial charge in [-0.1, -0.05) is 20.8 Å². The highest BCUT2D eigenvalue weighted by atomic mass is 32.2. The van der Waals surface area contributed by atoms with Gasteiger partial charge in [-0.2, -0.15) is 13.2 Å². The van der Waals surface area contributed by atoms with E-state index >= 15 is 0 Å². The lowest BCUT2D eigenvalue weighted by Gasteiger charge is -2.44. The van der Waals surface area contributed by atoms with Crippen LogP contribution >= 0.6 is 11.8 Å². The third kappa shape index (κ3) is 5.36. The van der Waals surface area contributed by atoms with Crippen molar-refractivity contribution >= 4 is 11.8 Å². The average Bonchev–Trinajstić information content (AvgIpc) is 2.17. The standard InChI is InChI=1S/C12H23F3N2S/c1-9-7-16-10(11(2,3)4)8-17(9)5-6-18-12(13,14)15/h9-10,16H,5-8H2,1-4H3. The van der Waals surface area contributed by atoms with Crippen molar-refractivity contribution in [2.75, 3.05) is 25.4 Å². The smallest absolute Gasteiger partial charge is 0.311 e. The van der Waals surface area contributed by atoms with Crippen molar-refractivity contribution in [2.24, 2.45) is 5.41 Å². The summed E-state index contributed by atoms with van der Waals surface area (Å²) in [6.07, 6.45) is 0. The maximum Gasteiger partial charge on any atom is 0.441 e. The second-order valence-corrected chi connectivity index (χ2v) is 7.12. The number of alkyl halides is 3. The Kier molecular flexibility index (Phi) is 5.38. The lowest BCUT2D eigenvalue weighted by Crippen LogP contribution is -2.59. The molecule has 1 saturated heterocycles. The number of halogens is 3. The van der Waals surface area contributed by atoms with E-state index in [1.165, 1.54) is 0 Å². The molecule has 1 aliphatic rings. The Morgan fingerprint density at radius 2 is 1.89 bits per heavy atom. The molecule has 0 aromatic rings. The second kappa shape index (κ2) is 6.01. The number of rotatable bonds is 3. The van der Waals surface area contributed by atoms with Crippen molar-refractivity contribution in [1.82, 2.24) is 10.2 Å². The van der Waals surface area contributed by atoms with E-state index in [-0.39, 0.29) is 22.9 Å². The Morgan fingerprint density at radius 1 is 1.28 bits per heavy atom. The molecule has 1 rings (SSSR count). The molecule has 18 heavy (non-hydrogen) atoms. The zero-order valence-electron chi connectivity index (χ0n) is 11.5. The Labute approximate surface area is 112 Å². The maximum atomic E-state index is 12.1. The molecular formula is C12H23F3N2S. The molecule has 0 aliphatic carbocycles. The largest absolute Gasteiger partial charge is 0.441 e. The van der Waals surface area contributed by atoms with Gasteiger partial charge in [0, 0.05) is 37.5 Å². The fourth-order valence-electron chi connectivity index (χ4n) is 2.09. The van der Waals surface area contributed by atoms with Gasteiger partial charge in [0.1, 0.15) is 0 Å². The predicted molar refractivity (Wildman–Crippen MR) is 70.8 cm³/mol. The van der Waals surface area contributed by atoms with Gasteiger partial charge in [0.15, 0.2) is 0 Å². The fourth-order valence-corrected chi connectivity index (χ4v) is 2.65. The molecule has 0 radical (unpaired) electrons. The van der Waals surface area contributed by atoms with Crippen LogP contribution < -0.4 is 5.32 Å². The minimum atomic E-state index is -4.11. The van der Waals surface area contributed by atoms with Crippen LogP contribution in [0.1, 0.15) is 27.7 Å². The summed E-state index contributed by atoms with van der Waals surface area (Å²) in [4.78, 5) is 2.16. The molecular weight excluding hydrogens is 261 g/mol. The first kappa shape index (κ1) is 16.1. The third-order valence-corrected chi connectivity index (χ3v) is 4.10. The molecule has 0 amide bonds. The van der Waals surface area contributed by atoms with Crippen LogP contribution in [-0.4, -0.2) is 47.9 Å². The van der Waals surface area contributed by atoms with Gasteiger partial charge in [0.25, 0.3) is 0 Å². The third-order valence-electron chi connectivity index (χ3n) is 3.39. The van der Waals surface area contributed by atoms with Crippen molar-refractivity contribution in [3.8, 4) is 0 Å². The van der Waals surface area contributed by atoms with Crippen molar-refractivity contribution in [1.29, 1.82) is 0 Å². The average molecular weight is 284 g/mol. The van der Waals surface area contributed by atoms with E-state index in [4.69, 9.17) is 0 Å². The van der Waals surface area contributed by atoms with Crippen LogP contribution in [0.5, 0.6) is 0 Å². The zero-order valence-corrected chi connectivity index (χ0v) is 12.3. The lowest BCUT2D eigenvalue weighted by atomic mass is 9.85. The summed E-state index contributed by atoms with van der Waals surface area (Å²) in [5.41, 5.74) is -3.98. The summed E-state index contributed by atoms with van der Waals surface area (Å²) in [7, 11) is 0. The van der Waals surface area contributed by atoms with Gasteiger partial charge in [-0.05, 0) is 24.1 Å². The fraction of sp³-hybridized carbons (Fsp3) is 1.00. The molecule has 0 bridgehead atoms. The van der Waals surface area contributed by atoms with Crippen LogP contribution in [0.25, 0.3) is 0 Å². The number of hydrogen-bond acceptors (Lipinski definition) is 3. The van der Waals surface area contributed by atoms with E-state index < -0.39 is 5.51 Å². The summed E-state index contributed by atoms with van der Waals surface area (Å²) < 4.78 is 36.3. The first-order chi connectivity index (χ1) is 8.09. The van der Waals surface area contributed by atoms with E-state index in [1.807, 2.05) is 0 Å². The predicted octanol–water partition coefficient (Wildman–Crippen LogP) is 2.95. The van der Waals surface area contributed by atoms with E-state index in [2.05, 4.69) is 37.9 Å². The lowest BCUT2D eigenvalue weighted by molar-refractivity contribution is -0.0330. The minimum Gasteiger partial charge on any atom is -0.311 e. The number of nitrogens with zero attached hydrogens (tertiary/aromatic N) is 1. The SMILES string of the molecule is CC1CNC(C(C)(C)C)CN1CCSC(F)(F)F. The number of hydrogen-bond donors (Lipinski definition) is 1. The summed E-state index contributed by atoms with van der Waals surface area (Å²) in [6, 6.07) is 0.641. The molecule has 2 nitrogen and oxygen atoms in total.